The summed E-state index contributed by atoms with van der Waals surface area (Å²) >= 11 is 0. The number of para-hydroxylation sites is 2. The molecule has 0 saturated carbocycles. The molecule has 1 aromatic heterocycles. The molecule has 0 aliphatic carbocycles. The van der Waals surface area contributed by atoms with Crippen LogP contribution in [0.1, 0.15) is 12.7 Å². The SMILES string of the molecule is CCc1nc2ccccc2n1CC(O)COc1cccc([N+](=O)[O-])c1. The maximum Gasteiger partial charge on any atom is 0.273 e. The lowest BCUT2D eigenvalue weighted by Crippen LogP contribution is -2.24. The summed E-state index contributed by atoms with van der Waals surface area (Å²) in [6, 6.07) is 13.7. The molecule has 0 bridgehead atoms. The van der Waals surface area contributed by atoms with Crippen molar-refractivity contribution in [2.24, 2.45) is 0 Å². The monoisotopic (exact) mass is 341 g/mol. The Morgan fingerprint density at radius 3 is 2.84 bits per heavy atom. The van der Waals surface area contributed by atoms with Crippen molar-refractivity contribution in [3.63, 3.8) is 0 Å². The molecule has 1 N–H and O–H groups in total. The molecule has 0 aliphatic rings. The highest BCUT2D eigenvalue weighted by Gasteiger charge is 2.14. The topological polar surface area (TPSA) is 90.4 Å². The summed E-state index contributed by atoms with van der Waals surface area (Å²) < 4.78 is 7.49. The number of hydrogen-bond acceptors (Lipinski definition) is 5. The van der Waals surface area contributed by atoms with Crippen LogP contribution in [0.25, 0.3) is 11.0 Å². The Kier molecular flexibility index (Phi) is 4.95. The van der Waals surface area contributed by atoms with Crippen molar-refractivity contribution >= 4 is 16.7 Å². The molecule has 1 heterocycles. The molecule has 0 radical (unpaired) electrons. The lowest BCUT2D eigenvalue weighted by Gasteiger charge is -2.15. The van der Waals surface area contributed by atoms with Gasteiger partial charge in [0.1, 0.15) is 24.3 Å². The Morgan fingerprint density at radius 2 is 2.08 bits per heavy atom. The van der Waals surface area contributed by atoms with E-state index in [0.29, 0.717) is 12.3 Å². The zero-order chi connectivity index (χ0) is 17.8. The summed E-state index contributed by atoms with van der Waals surface area (Å²) in [6.07, 6.45) is -0.00480. The highest BCUT2D eigenvalue weighted by atomic mass is 16.6. The molecular formula is C18H19N3O4. The van der Waals surface area contributed by atoms with Crippen LogP contribution in [-0.4, -0.2) is 32.3 Å². The Bertz CT molecular complexity index is 891. The third-order valence-corrected chi connectivity index (χ3v) is 3.91. The van der Waals surface area contributed by atoms with Gasteiger partial charge in [-0.05, 0) is 18.2 Å². The van der Waals surface area contributed by atoms with Gasteiger partial charge >= 0.3 is 0 Å². The maximum atomic E-state index is 10.8. The van der Waals surface area contributed by atoms with E-state index in [1.807, 2.05) is 35.8 Å². The van der Waals surface area contributed by atoms with Crippen LogP contribution in [-0.2, 0) is 13.0 Å². The summed E-state index contributed by atoms with van der Waals surface area (Å²) in [5.74, 6) is 1.26. The number of aliphatic hydroxyl groups is 1. The normalized spacial score (nSPS) is 12.2. The third-order valence-electron chi connectivity index (χ3n) is 3.91. The predicted molar refractivity (Wildman–Crippen MR) is 93.7 cm³/mol. The van der Waals surface area contributed by atoms with E-state index in [1.165, 1.54) is 12.1 Å². The average Bonchev–Trinajstić information content (AvgIpc) is 2.98. The molecule has 0 aliphatic heterocycles. The van der Waals surface area contributed by atoms with E-state index < -0.39 is 11.0 Å². The first-order chi connectivity index (χ1) is 12.1. The molecule has 3 rings (SSSR count). The highest BCUT2D eigenvalue weighted by molar-refractivity contribution is 5.75. The van der Waals surface area contributed by atoms with Crippen molar-refractivity contribution in [2.75, 3.05) is 6.61 Å². The highest BCUT2D eigenvalue weighted by Crippen LogP contribution is 2.20. The molecule has 7 heteroatoms. The summed E-state index contributed by atoms with van der Waals surface area (Å²) in [6.45, 7) is 2.40. The molecule has 0 spiro atoms. The number of fused-ring (bicyclic) bond motifs is 1. The van der Waals surface area contributed by atoms with Crippen LogP contribution in [0.3, 0.4) is 0 Å². The number of aromatic nitrogens is 2. The molecule has 1 atom stereocenters. The summed E-state index contributed by atoms with van der Waals surface area (Å²) in [5, 5.41) is 21.1. The van der Waals surface area contributed by atoms with Crippen molar-refractivity contribution in [1.29, 1.82) is 0 Å². The lowest BCUT2D eigenvalue weighted by molar-refractivity contribution is -0.384. The van der Waals surface area contributed by atoms with Gasteiger partial charge in [-0.2, -0.15) is 0 Å². The first kappa shape index (κ1) is 16.9. The number of non-ortho nitro benzene ring substituents is 1. The molecule has 1 unspecified atom stereocenters. The van der Waals surface area contributed by atoms with Crippen molar-refractivity contribution in [3.05, 3.63) is 64.5 Å². The minimum atomic E-state index is -0.762. The average molecular weight is 341 g/mol. The molecule has 0 fully saturated rings. The number of imidazole rings is 1. The molecular weight excluding hydrogens is 322 g/mol. The van der Waals surface area contributed by atoms with E-state index in [0.717, 1.165) is 23.3 Å². The van der Waals surface area contributed by atoms with Gasteiger partial charge in [-0.1, -0.05) is 25.1 Å². The minimum Gasteiger partial charge on any atom is -0.491 e. The van der Waals surface area contributed by atoms with Gasteiger partial charge in [-0.25, -0.2) is 4.98 Å². The fourth-order valence-electron chi connectivity index (χ4n) is 2.74. The summed E-state index contributed by atoms with van der Waals surface area (Å²) in [5.41, 5.74) is 1.82. The van der Waals surface area contributed by atoms with Gasteiger partial charge in [0.15, 0.2) is 0 Å². The zero-order valence-electron chi connectivity index (χ0n) is 13.8. The number of benzene rings is 2. The Balaban J connectivity index is 1.70. The number of nitro groups is 1. The quantitative estimate of drug-likeness (QED) is 0.527. The minimum absolute atomic E-state index is 0.0385. The summed E-state index contributed by atoms with van der Waals surface area (Å²) in [4.78, 5) is 14.9. The fourth-order valence-corrected chi connectivity index (χ4v) is 2.74. The van der Waals surface area contributed by atoms with Crippen LogP contribution < -0.4 is 4.74 Å². The largest absolute Gasteiger partial charge is 0.491 e. The van der Waals surface area contributed by atoms with Crippen molar-refractivity contribution in [1.82, 2.24) is 9.55 Å². The van der Waals surface area contributed by atoms with E-state index in [9.17, 15) is 15.2 Å². The van der Waals surface area contributed by atoms with Crippen LogP contribution in [0.15, 0.2) is 48.5 Å². The number of nitro benzene ring substituents is 1. The van der Waals surface area contributed by atoms with Gasteiger partial charge in [0.25, 0.3) is 5.69 Å². The molecule has 130 valence electrons. The van der Waals surface area contributed by atoms with E-state index in [4.69, 9.17) is 4.74 Å². The lowest BCUT2D eigenvalue weighted by atomic mass is 10.3. The number of hydrogen-bond donors (Lipinski definition) is 1. The van der Waals surface area contributed by atoms with Gasteiger partial charge in [0, 0.05) is 12.5 Å². The van der Waals surface area contributed by atoms with Gasteiger partial charge in [-0.3, -0.25) is 10.1 Å². The van der Waals surface area contributed by atoms with E-state index >= 15 is 0 Å². The first-order valence-electron chi connectivity index (χ1n) is 8.08. The Labute approximate surface area is 144 Å². The Morgan fingerprint density at radius 1 is 1.28 bits per heavy atom. The second-order valence-electron chi connectivity index (χ2n) is 5.70. The number of rotatable bonds is 7. The van der Waals surface area contributed by atoms with Crippen molar-refractivity contribution in [2.45, 2.75) is 26.0 Å². The number of aryl methyl sites for hydroxylation is 1. The molecule has 7 nitrogen and oxygen atoms in total. The van der Waals surface area contributed by atoms with Crippen LogP contribution >= 0.6 is 0 Å². The van der Waals surface area contributed by atoms with Gasteiger partial charge < -0.3 is 14.4 Å². The fraction of sp³-hybridized carbons (Fsp3) is 0.278. The van der Waals surface area contributed by atoms with E-state index in [2.05, 4.69) is 4.98 Å². The summed E-state index contributed by atoms with van der Waals surface area (Å²) in [7, 11) is 0. The Hall–Kier alpha value is -2.93. The van der Waals surface area contributed by atoms with Crippen LogP contribution in [0.4, 0.5) is 5.69 Å². The smallest absolute Gasteiger partial charge is 0.273 e. The van der Waals surface area contributed by atoms with Crippen LogP contribution in [0.2, 0.25) is 0 Å². The van der Waals surface area contributed by atoms with Crippen molar-refractivity contribution in [3.8, 4) is 5.75 Å². The molecule has 2 aromatic carbocycles. The molecule has 25 heavy (non-hydrogen) atoms. The standard InChI is InChI=1S/C18H19N3O4/c1-2-18-19-16-8-3-4-9-17(16)20(18)11-14(22)12-25-15-7-5-6-13(10-15)21(23)24/h3-10,14,22H,2,11-12H2,1H3. The predicted octanol–water partition coefficient (Wildman–Crippen LogP) is 2.95. The van der Waals surface area contributed by atoms with Crippen molar-refractivity contribution < 1.29 is 14.8 Å². The van der Waals surface area contributed by atoms with Crippen LogP contribution in [0, 0.1) is 10.1 Å². The number of nitrogens with zero attached hydrogens (tertiary/aromatic N) is 3. The number of ether oxygens (including phenoxy) is 1. The van der Waals surface area contributed by atoms with E-state index in [1.54, 1.807) is 12.1 Å². The zero-order valence-corrected chi connectivity index (χ0v) is 13.8. The van der Waals surface area contributed by atoms with Gasteiger partial charge in [0.05, 0.1) is 28.6 Å². The van der Waals surface area contributed by atoms with Crippen LogP contribution in [0.5, 0.6) is 5.75 Å². The number of aliphatic hydroxyl groups excluding tert-OH is 1. The maximum absolute atomic E-state index is 10.8. The molecule has 0 amide bonds. The second kappa shape index (κ2) is 7.31. The third kappa shape index (κ3) is 3.77. The second-order valence-corrected chi connectivity index (χ2v) is 5.70. The first-order valence-corrected chi connectivity index (χ1v) is 8.08. The molecule has 3 aromatic rings. The van der Waals surface area contributed by atoms with Gasteiger partial charge in [-0.15, -0.1) is 0 Å². The molecule has 0 saturated heterocycles. The van der Waals surface area contributed by atoms with Gasteiger partial charge in [0.2, 0.25) is 0 Å². The van der Waals surface area contributed by atoms with E-state index in [-0.39, 0.29) is 12.3 Å².